The Hall–Kier alpha value is -2.97. The molecule has 1 saturated heterocycles. The van der Waals surface area contributed by atoms with E-state index in [-0.39, 0.29) is 25.0 Å². The van der Waals surface area contributed by atoms with Crippen molar-refractivity contribution in [3.8, 4) is 5.75 Å². The zero-order chi connectivity index (χ0) is 21.5. The summed E-state index contributed by atoms with van der Waals surface area (Å²) in [6, 6.07) is 11.2. The van der Waals surface area contributed by atoms with E-state index in [2.05, 4.69) is 9.88 Å². The van der Waals surface area contributed by atoms with Crippen molar-refractivity contribution >= 4 is 17.5 Å². The third-order valence-corrected chi connectivity index (χ3v) is 5.56. The van der Waals surface area contributed by atoms with Crippen molar-refractivity contribution in [1.82, 2.24) is 14.8 Å². The topological polar surface area (TPSA) is 75.2 Å². The summed E-state index contributed by atoms with van der Waals surface area (Å²) in [5, 5.41) is 0. The lowest BCUT2D eigenvalue weighted by molar-refractivity contribution is -0.132. The van der Waals surface area contributed by atoms with E-state index in [0.29, 0.717) is 24.5 Å². The van der Waals surface area contributed by atoms with Gasteiger partial charge in [-0.05, 0) is 30.2 Å². The number of morpholine rings is 1. The molecule has 2 amide bonds. The van der Waals surface area contributed by atoms with Gasteiger partial charge < -0.3 is 14.4 Å². The Balaban J connectivity index is 1.43. The summed E-state index contributed by atoms with van der Waals surface area (Å²) in [4.78, 5) is 35.7. The maximum Gasteiger partial charge on any atom is 0.265 e. The summed E-state index contributed by atoms with van der Waals surface area (Å²) < 4.78 is 10.9. The summed E-state index contributed by atoms with van der Waals surface area (Å²) >= 11 is 0. The van der Waals surface area contributed by atoms with Crippen LogP contribution in [0.1, 0.15) is 12.0 Å². The smallest absolute Gasteiger partial charge is 0.265 e. The lowest BCUT2D eigenvalue weighted by Crippen LogP contribution is -2.47. The SMILES string of the molecule is O=C(CN1C(=O)COc2ccccc21)N(CCCN1CCOCC1)Cc1cccnc1. The molecule has 8 heteroatoms. The van der Waals surface area contributed by atoms with Gasteiger partial charge in [0.25, 0.3) is 5.91 Å². The molecule has 1 aromatic heterocycles. The highest BCUT2D eigenvalue weighted by Gasteiger charge is 2.28. The van der Waals surface area contributed by atoms with Crippen LogP contribution in [-0.4, -0.2) is 79.1 Å². The Labute approximate surface area is 182 Å². The number of hydrogen-bond donors (Lipinski definition) is 0. The number of fused-ring (bicyclic) bond motifs is 1. The Morgan fingerprint density at radius 2 is 1.97 bits per heavy atom. The molecule has 2 aliphatic heterocycles. The first kappa shape index (κ1) is 21.3. The van der Waals surface area contributed by atoms with Crippen molar-refractivity contribution in [3.05, 3.63) is 54.4 Å². The fraction of sp³-hybridized carbons (Fsp3) is 0.435. The van der Waals surface area contributed by atoms with E-state index in [1.54, 1.807) is 12.4 Å². The maximum atomic E-state index is 13.3. The van der Waals surface area contributed by atoms with Gasteiger partial charge in [0.15, 0.2) is 6.61 Å². The minimum atomic E-state index is -0.207. The first-order valence-electron chi connectivity index (χ1n) is 10.7. The van der Waals surface area contributed by atoms with Gasteiger partial charge in [-0.2, -0.15) is 0 Å². The molecule has 1 aromatic carbocycles. The molecule has 1 fully saturated rings. The molecule has 2 aromatic rings. The molecule has 0 spiro atoms. The van der Waals surface area contributed by atoms with Gasteiger partial charge in [0, 0.05) is 45.1 Å². The third kappa shape index (κ3) is 5.59. The molecule has 0 N–H and O–H groups in total. The first-order chi connectivity index (χ1) is 15.2. The van der Waals surface area contributed by atoms with E-state index in [9.17, 15) is 9.59 Å². The van der Waals surface area contributed by atoms with Gasteiger partial charge >= 0.3 is 0 Å². The van der Waals surface area contributed by atoms with Gasteiger partial charge in [0.05, 0.1) is 18.9 Å². The van der Waals surface area contributed by atoms with E-state index in [4.69, 9.17) is 9.47 Å². The Morgan fingerprint density at radius 3 is 2.77 bits per heavy atom. The van der Waals surface area contributed by atoms with Crippen LogP contribution in [-0.2, 0) is 20.9 Å². The quantitative estimate of drug-likeness (QED) is 0.640. The van der Waals surface area contributed by atoms with Crippen molar-refractivity contribution in [2.75, 3.05) is 57.4 Å². The normalized spacial score (nSPS) is 16.5. The van der Waals surface area contributed by atoms with Crippen LogP contribution in [0.3, 0.4) is 0 Å². The summed E-state index contributed by atoms with van der Waals surface area (Å²) in [7, 11) is 0. The van der Waals surface area contributed by atoms with Gasteiger partial charge in [0.2, 0.25) is 5.91 Å². The number of benzene rings is 1. The molecular formula is C23H28N4O4. The van der Waals surface area contributed by atoms with Crippen LogP contribution in [0.5, 0.6) is 5.75 Å². The zero-order valence-corrected chi connectivity index (χ0v) is 17.6. The largest absolute Gasteiger partial charge is 0.482 e. The van der Waals surface area contributed by atoms with E-state index >= 15 is 0 Å². The molecule has 0 saturated carbocycles. The van der Waals surface area contributed by atoms with Crippen molar-refractivity contribution in [1.29, 1.82) is 0 Å². The van der Waals surface area contributed by atoms with Crippen LogP contribution in [0, 0.1) is 0 Å². The lowest BCUT2D eigenvalue weighted by atomic mass is 10.2. The Bertz CT molecular complexity index is 886. The predicted molar refractivity (Wildman–Crippen MR) is 116 cm³/mol. The third-order valence-electron chi connectivity index (χ3n) is 5.56. The Kier molecular flexibility index (Phi) is 7.11. The summed E-state index contributed by atoms with van der Waals surface area (Å²) in [5.41, 5.74) is 1.61. The molecule has 31 heavy (non-hydrogen) atoms. The molecule has 0 unspecified atom stereocenters. The zero-order valence-electron chi connectivity index (χ0n) is 17.6. The molecule has 4 rings (SSSR count). The highest BCUT2D eigenvalue weighted by molar-refractivity contribution is 6.02. The fourth-order valence-corrected chi connectivity index (χ4v) is 3.88. The number of pyridine rings is 1. The standard InChI is InChI=1S/C23H28N4O4/c28-22(17-27-20-6-1-2-7-21(20)31-18-23(27)29)26(16-19-5-3-8-24-15-19)10-4-9-25-11-13-30-14-12-25/h1-3,5-8,15H,4,9-14,16-18H2. The molecule has 0 bridgehead atoms. The van der Waals surface area contributed by atoms with Crippen molar-refractivity contribution in [2.24, 2.45) is 0 Å². The van der Waals surface area contributed by atoms with Gasteiger partial charge in [-0.3, -0.25) is 24.4 Å². The molecule has 0 aliphatic carbocycles. The van der Waals surface area contributed by atoms with Gasteiger partial charge in [-0.25, -0.2) is 0 Å². The number of carbonyl (C=O) groups excluding carboxylic acids is 2. The molecule has 0 radical (unpaired) electrons. The molecule has 0 atom stereocenters. The van der Waals surface area contributed by atoms with Crippen LogP contribution < -0.4 is 9.64 Å². The summed E-state index contributed by atoms with van der Waals surface area (Å²) in [6.45, 7) is 5.32. The van der Waals surface area contributed by atoms with E-state index in [1.165, 1.54) is 4.90 Å². The van der Waals surface area contributed by atoms with Crippen LogP contribution in [0.25, 0.3) is 0 Å². The molecule has 164 valence electrons. The Morgan fingerprint density at radius 1 is 1.13 bits per heavy atom. The monoisotopic (exact) mass is 424 g/mol. The second-order valence-electron chi connectivity index (χ2n) is 7.72. The summed E-state index contributed by atoms with van der Waals surface area (Å²) in [5.74, 6) is 0.332. The average molecular weight is 425 g/mol. The highest BCUT2D eigenvalue weighted by atomic mass is 16.5. The van der Waals surface area contributed by atoms with Crippen molar-refractivity contribution in [2.45, 2.75) is 13.0 Å². The highest BCUT2D eigenvalue weighted by Crippen LogP contribution is 2.31. The minimum Gasteiger partial charge on any atom is -0.482 e. The number of ether oxygens (including phenoxy) is 2. The summed E-state index contributed by atoms with van der Waals surface area (Å²) in [6.07, 6.45) is 4.36. The van der Waals surface area contributed by atoms with Gasteiger partial charge in [-0.15, -0.1) is 0 Å². The predicted octanol–water partition coefficient (Wildman–Crippen LogP) is 1.56. The van der Waals surface area contributed by atoms with Gasteiger partial charge in [-0.1, -0.05) is 18.2 Å². The fourth-order valence-electron chi connectivity index (χ4n) is 3.88. The lowest BCUT2D eigenvalue weighted by Gasteiger charge is -2.32. The number of aromatic nitrogens is 1. The van der Waals surface area contributed by atoms with E-state index < -0.39 is 0 Å². The maximum absolute atomic E-state index is 13.3. The molecular weight excluding hydrogens is 396 g/mol. The molecule has 2 aliphatic rings. The molecule has 3 heterocycles. The van der Waals surface area contributed by atoms with Crippen LogP contribution in [0.4, 0.5) is 5.69 Å². The van der Waals surface area contributed by atoms with Crippen molar-refractivity contribution in [3.63, 3.8) is 0 Å². The number of rotatable bonds is 8. The molecule has 8 nitrogen and oxygen atoms in total. The van der Waals surface area contributed by atoms with E-state index in [1.807, 2.05) is 41.3 Å². The minimum absolute atomic E-state index is 0.00295. The number of anilines is 1. The van der Waals surface area contributed by atoms with Crippen LogP contribution in [0.2, 0.25) is 0 Å². The first-order valence-corrected chi connectivity index (χ1v) is 10.7. The second kappa shape index (κ2) is 10.4. The van der Waals surface area contributed by atoms with Crippen LogP contribution in [0.15, 0.2) is 48.8 Å². The number of nitrogens with zero attached hydrogens (tertiary/aromatic N) is 4. The van der Waals surface area contributed by atoms with Crippen LogP contribution >= 0.6 is 0 Å². The number of hydrogen-bond acceptors (Lipinski definition) is 6. The average Bonchev–Trinajstić information content (AvgIpc) is 2.81. The second-order valence-corrected chi connectivity index (χ2v) is 7.72. The number of para-hydroxylation sites is 2. The van der Waals surface area contributed by atoms with E-state index in [0.717, 1.165) is 44.8 Å². The van der Waals surface area contributed by atoms with Gasteiger partial charge in [0.1, 0.15) is 12.3 Å². The van der Waals surface area contributed by atoms with Crippen molar-refractivity contribution < 1.29 is 19.1 Å². The number of amides is 2. The number of carbonyl (C=O) groups is 2.